The Morgan fingerprint density at radius 3 is 2.50 bits per heavy atom. The number of piperidine rings is 1. The van der Waals surface area contributed by atoms with E-state index in [1.807, 2.05) is 36.2 Å². The van der Waals surface area contributed by atoms with Crippen LogP contribution in [-0.4, -0.2) is 63.3 Å². The summed E-state index contributed by atoms with van der Waals surface area (Å²) in [5.41, 5.74) is 1.29. The maximum Gasteiger partial charge on any atom is 0.246 e. The molecule has 1 atom stereocenters. The van der Waals surface area contributed by atoms with Gasteiger partial charge in [-0.05, 0) is 43.7 Å². The maximum absolute atomic E-state index is 13.2. The molecule has 1 aromatic carbocycles. The summed E-state index contributed by atoms with van der Waals surface area (Å²) in [6.07, 6.45) is 3.85. The highest BCUT2D eigenvalue weighted by Gasteiger charge is 2.52. The fourth-order valence-electron chi connectivity index (χ4n) is 5.42. The van der Waals surface area contributed by atoms with E-state index in [1.54, 1.807) is 11.5 Å². The van der Waals surface area contributed by atoms with E-state index in [2.05, 4.69) is 30.1 Å². The van der Waals surface area contributed by atoms with E-state index < -0.39 is 11.6 Å². The third kappa shape index (κ3) is 3.83. The summed E-state index contributed by atoms with van der Waals surface area (Å²) in [6, 6.07) is 7.54. The molecule has 2 amide bonds. The van der Waals surface area contributed by atoms with Gasteiger partial charge in [-0.3, -0.25) is 23.9 Å². The van der Waals surface area contributed by atoms with Crippen molar-refractivity contribution in [3.05, 3.63) is 36.0 Å². The van der Waals surface area contributed by atoms with Gasteiger partial charge < -0.3 is 10.2 Å². The molecule has 1 N–H and O–H groups in total. The second kappa shape index (κ2) is 8.70. The molecular weight excluding hydrogens is 404 g/mol. The van der Waals surface area contributed by atoms with Gasteiger partial charge in [0.25, 0.3) is 0 Å². The molecule has 1 spiro atoms. The number of amides is 2. The van der Waals surface area contributed by atoms with Crippen LogP contribution in [0, 0.1) is 5.92 Å². The summed E-state index contributed by atoms with van der Waals surface area (Å²) >= 11 is 0. The lowest BCUT2D eigenvalue weighted by Gasteiger charge is -2.51. The zero-order valence-electron chi connectivity index (χ0n) is 19.6. The number of hydrogen-bond acceptors (Lipinski definition) is 4. The maximum atomic E-state index is 13.2. The number of fused-ring (bicyclic) bond motifs is 1. The highest BCUT2D eigenvalue weighted by molar-refractivity contribution is 6.00. The SMILES string of the molecule is CCN1C(=O)C(CC(C)C)NC(=O)C12CCN(Cc1cn(C(C)=O)c3ccccc13)CC2. The molecular formula is C25H34N4O3. The fraction of sp³-hybridized carbons (Fsp3) is 0.560. The van der Waals surface area contributed by atoms with Gasteiger partial charge in [0.2, 0.25) is 17.7 Å². The van der Waals surface area contributed by atoms with Crippen LogP contribution in [0.2, 0.25) is 0 Å². The van der Waals surface area contributed by atoms with Crippen LogP contribution in [0.25, 0.3) is 10.9 Å². The fourth-order valence-corrected chi connectivity index (χ4v) is 5.42. The molecule has 0 aliphatic carbocycles. The highest BCUT2D eigenvalue weighted by Crippen LogP contribution is 2.34. The smallest absolute Gasteiger partial charge is 0.246 e. The van der Waals surface area contributed by atoms with Crippen molar-refractivity contribution in [2.45, 2.75) is 65.1 Å². The second-order valence-corrected chi connectivity index (χ2v) is 9.61. The van der Waals surface area contributed by atoms with Crippen molar-refractivity contribution in [3.8, 4) is 0 Å². The van der Waals surface area contributed by atoms with Gasteiger partial charge in [0.05, 0.1) is 5.52 Å². The Morgan fingerprint density at radius 2 is 1.88 bits per heavy atom. The number of aromatic nitrogens is 1. The Morgan fingerprint density at radius 1 is 1.19 bits per heavy atom. The lowest BCUT2D eigenvalue weighted by molar-refractivity contribution is -0.161. The Balaban J connectivity index is 1.51. The average Bonchev–Trinajstić information content (AvgIpc) is 3.12. The summed E-state index contributed by atoms with van der Waals surface area (Å²) in [4.78, 5) is 42.6. The number of nitrogens with one attached hydrogen (secondary N) is 1. The lowest BCUT2D eigenvalue weighted by atomic mass is 9.81. The van der Waals surface area contributed by atoms with Crippen molar-refractivity contribution >= 4 is 28.6 Å². The molecule has 3 heterocycles. The number of likely N-dealkylation sites (N-methyl/N-ethyl adjacent to an activating group) is 1. The van der Waals surface area contributed by atoms with Gasteiger partial charge >= 0.3 is 0 Å². The van der Waals surface area contributed by atoms with Crippen LogP contribution >= 0.6 is 0 Å². The molecule has 0 bridgehead atoms. The molecule has 2 aromatic rings. The number of hydrogen-bond donors (Lipinski definition) is 1. The van der Waals surface area contributed by atoms with Gasteiger partial charge in [0, 0.05) is 44.7 Å². The lowest BCUT2D eigenvalue weighted by Crippen LogP contribution is -2.72. The van der Waals surface area contributed by atoms with Crippen LogP contribution < -0.4 is 5.32 Å². The Bertz CT molecular complexity index is 1030. The molecule has 0 radical (unpaired) electrons. The molecule has 2 saturated heterocycles. The van der Waals surface area contributed by atoms with E-state index in [0.29, 0.717) is 38.3 Å². The predicted molar refractivity (Wildman–Crippen MR) is 124 cm³/mol. The topological polar surface area (TPSA) is 74.7 Å². The number of benzene rings is 1. The molecule has 1 aromatic heterocycles. The van der Waals surface area contributed by atoms with E-state index in [1.165, 1.54) is 0 Å². The third-order valence-electron chi connectivity index (χ3n) is 7.04. The zero-order valence-corrected chi connectivity index (χ0v) is 19.6. The number of carbonyl (C=O) groups excluding carboxylic acids is 3. The quantitative estimate of drug-likeness (QED) is 0.779. The number of nitrogens with zero attached hydrogens (tertiary/aromatic N) is 3. The van der Waals surface area contributed by atoms with Crippen molar-refractivity contribution in [3.63, 3.8) is 0 Å². The van der Waals surface area contributed by atoms with Crippen LogP contribution in [-0.2, 0) is 16.1 Å². The molecule has 7 nitrogen and oxygen atoms in total. The van der Waals surface area contributed by atoms with Crippen molar-refractivity contribution < 1.29 is 14.4 Å². The van der Waals surface area contributed by atoms with Gasteiger partial charge in [-0.25, -0.2) is 0 Å². The molecule has 1 unspecified atom stereocenters. The largest absolute Gasteiger partial charge is 0.342 e. The predicted octanol–water partition coefficient (Wildman–Crippen LogP) is 3.03. The molecule has 4 rings (SSSR count). The molecule has 32 heavy (non-hydrogen) atoms. The molecule has 2 aliphatic rings. The summed E-state index contributed by atoms with van der Waals surface area (Å²) in [6.45, 7) is 10.4. The summed E-state index contributed by atoms with van der Waals surface area (Å²) in [7, 11) is 0. The van der Waals surface area contributed by atoms with Crippen molar-refractivity contribution in [2.75, 3.05) is 19.6 Å². The van der Waals surface area contributed by atoms with Crippen molar-refractivity contribution in [1.29, 1.82) is 0 Å². The molecule has 7 heteroatoms. The first-order valence-corrected chi connectivity index (χ1v) is 11.7. The summed E-state index contributed by atoms with van der Waals surface area (Å²) in [5.74, 6) is 0.393. The van der Waals surface area contributed by atoms with Crippen LogP contribution in [0.5, 0.6) is 0 Å². The van der Waals surface area contributed by atoms with Crippen molar-refractivity contribution in [2.24, 2.45) is 5.92 Å². The number of piperazine rings is 1. The minimum absolute atomic E-state index is 0.00238. The van der Waals surface area contributed by atoms with E-state index in [4.69, 9.17) is 0 Å². The number of para-hydroxylation sites is 1. The highest BCUT2D eigenvalue weighted by atomic mass is 16.2. The first kappa shape index (κ1) is 22.5. The zero-order chi connectivity index (χ0) is 23.0. The number of likely N-dealkylation sites (tertiary alicyclic amines) is 1. The minimum Gasteiger partial charge on any atom is -0.342 e. The second-order valence-electron chi connectivity index (χ2n) is 9.61. The third-order valence-corrected chi connectivity index (χ3v) is 7.04. The van der Waals surface area contributed by atoms with E-state index in [9.17, 15) is 14.4 Å². The first-order chi connectivity index (χ1) is 15.3. The number of carbonyl (C=O) groups is 3. The van der Waals surface area contributed by atoms with Gasteiger partial charge in [-0.15, -0.1) is 0 Å². The van der Waals surface area contributed by atoms with Gasteiger partial charge in [0.1, 0.15) is 11.6 Å². The van der Waals surface area contributed by atoms with Gasteiger partial charge in [-0.2, -0.15) is 0 Å². The van der Waals surface area contributed by atoms with Gasteiger partial charge in [0.15, 0.2) is 0 Å². The molecule has 0 saturated carbocycles. The van der Waals surface area contributed by atoms with Crippen LogP contribution in [0.4, 0.5) is 0 Å². The Labute approximate surface area is 189 Å². The summed E-state index contributed by atoms with van der Waals surface area (Å²) < 4.78 is 1.71. The minimum atomic E-state index is -0.747. The van der Waals surface area contributed by atoms with Crippen LogP contribution in [0.3, 0.4) is 0 Å². The summed E-state index contributed by atoms with van der Waals surface area (Å²) in [5, 5.41) is 4.12. The molecule has 2 fully saturated rings. The van der Waals surface area contributed by atoms with E-state index >= 15 is 0 Å². The Kier molecular flexibility index (Phi) is 6.12. The van der Waals surface area contributed by atoms with Gasteiger partial charge in [-0.1, -0.05) is 32.0 Å². The molecule has 172 valence electrons. The normalized spacial score (nSPS) is 21.5. The molecule has 2 aliphatic heterocycles. The monoisotopic (exact) mass is 438 g/mol. The van der Waals surface area contributed by atoms with E-state index in [0.717, 1.165) is 29.6 Å². The van der Waals surface area contributed by atoms with Crippen LogP contribution in [0.1, 0.15) is 57.3 Å². The number of rotatable bonds is 5. The van der Waals surface area contributed by atoms with E-state index in [-0.39, 0.29) is 17.7 Å². The van der Waals surface area contributed by atoms with Crippen LogP contribution in [0.15, 0.2) is 30.5 Å². The average molecular weight is 439 g/mol. The first-order valence-electron chi connectivity index (χ1n) is 11.7. The Hall–Kier alpha value is -2.67. The standard InChI is InChI=1S/C25H34N4O3/c1-5-29-23(31)21(14-17(2)3)26-24(32)25(29)10-12-27(13-11-25)15-19-16-28(18(4)30)22-9-7-6-8-20(19)22/h6-9,16-17,21H,5,10-15H2,1-4H3,(H,26,32). The van der Waals surface area contributed by atoms with Crippen molar-refractivity contribution in [1.82, 2.24) is 19.7 Å².